The third-order valence-electron chi connectivity index (χ3n) is 17.1. The topological polar surface area (TPSA) is 237 Å². The van der Waals surface area contributed by atoms with Crippen molar-refractivity contribution in [1.82, 2.24) is 0 Å². The van der Waals surface area contributed by atoms with Crippen LogP contribution in [0, 0.1) is 23.7 Å². The van der Waals surface area contributed by atoms with Crippen molar-refractivity contribution in [1.29, 1.82) is 0 Å². The molecular formula is C74H144O17P2. The number of hydrogen-bond donors (Lipinski definition) is 3. The summed E-state index contributed by atoms with van der Waals surface area (Å²) in [5, 5.41) is 10.6. The Morgan fingerprint density at radius 1 is 0.269 bits per heavy atom. The third kappa shape index (κ3) is 68.4. The van der Waals surface area contributed by atoms with Crippen molar-refractivity contribution < 1.29 is 80.2 Å². The molecule has 0 aliphatic carbocycles. The van der Waals surface area contributed by atoms with Crippen molar-refractivity contribution >= 4 is 39.5 Å². The molecule has 0 amide bonds. The molecule has 0 aromatic heterocycles. The lowest BCUT2D eigenvalue weighted by atomic mass is 10.0. The minimum absolute atomic E-state index is 0.103. The number of carbonyl (C=O) groups is 4. The highest BCUT2D eigenvalue weighted by Crippen LogP contribution is 2.45. The second-order valence-corrected chi connectivity index (χ2v) is 31.5. The van der Waals surface area contributed by atoms with Gasteiger partial charge in [0.25, 0.3) is 0 Å². The molecular weight excluding hydrogens is 1220 g/mol. The second kappa shape index (κ2) is 63.5. The Kier molecular flexibility index (Phi) is 62.2. The number of unbranched alkanes of at least 4 members (excludes halogenated alkanes) is 37. The van der Waals surface area contributed by atoms with Crippen molar-refractivity contribution in [3.8, 4) is 0 Å². The molecule has 17 nitrogen and oxygen atoms in total. The first kappa shape index (κ1) is 91.1. The van der Waals surface area contributed by atoms with E-state index < -0.39 is 97.5 Å². The van der Waals surface area contributed by atoms with Crippen LogP contribution < -0.4 is 0 Å². The number of carbonyl (C=O) groups excluding carboxylic acids is 4. The van der Waals surface area contributed by atoms with Crippen LogP contribution in [0.3, 0.4) is 0 Å². The Hall–Kier alpha value is -1.94. The molecule has 0 radical (unpaired) electrons. The van der Waals surface area contributed by atoms with E-state index in [1.165, 1.54) is 167 Å². The quantitative estimate of drug-likeness (QED) is 0.0222. The molecule has 0 aromatic carbocycles. The van der Waals surface area contributed by atoms with Crippen LogP contribution in [-0.2, 0) is 65.4 Å². The minimum atomic E-state index is -4.95. The van der Waals surface area contributed by atoms with Crippen LogP contribution in [-0.4, -0.2) is 96.7 Å². The van der Waals surface area contributed by atoms with Crippen LogP contribution in [0.4, 0.5) is 0 Å². The summed E-state index contributed by atoms with van der Waals surface area (Å²) in [6, 6.07) is 0. The fourth-order valence-electron chi connectivity index (χ4n) is 11.2. The molecule has 0 aliphatic heterocycles. The predicted octanol–water partition coefficient (Wildman–Crippen LogP) is 21.3. The maximum atomic E-state index is 13.0. The number of aliphatic hydroxyl groups excluding tert-OH is 1. The molecule has 552 valence electrons. The first-order valence-electron chi connectivity index (χ1n) is 38.2. The van der Waals surface area contributed by atoms with Crippen LogP contribution in [0.25, 0.3) is 0 Å². The van der Waals surface area contributed by atoms with E-state index in [4.69, 9.17) is 37.0 Å². The van der Waals surface area contributed by atoms with Crippen molar-refractivity contribution in [3.63, 3.8) is 0 Å². The lowest BCUT2D eigenvalue weighted by molar-refractivity contribution is -0.161. The van der Waals surface area contributed by atoms with Gasteiger partial charge in [0.2, 0.25) is 0 Å². The van der Waals surface area contributed by atoms with E-state index in [0.29, 0.717) is 31.6 Å². The standard InChI is InChI=1S/C74H144O17P2/c1-64(2)50-42-34-26-19-17-15-13-11-9-10-12-14-16-18-20-30-38-46-54-71(76)84-60-69(90-73(78)56-48-40-31-23-21-27-35-43-51-65(3)4)62-88-92(80,81)86-58-68(75)59-87-93(82,83)89-63-70(61-85-72(77)55-47-39-33-25-29-37-45-53-67(7)8)91-74(79)57-49-41-32-24-22-28-36-44-52-66(5)6/h64-70,75H,9-63H2,1-8H3,(H,80,81)(H,82,83)/t68?,69-,70-/m1/s1. The van der Waals surface area contributed by atoms with E-state index in [0.717, 1.165) is 114 Å². The summed E-state index contributed by atoms with van der Waals surface area (Å²) in [6.45, 7) is 14.1. The van der Waals surface area contributed by atoms with Gasteiger partial charge in [-0.25, -0.2) is 9.13 Å². The first-order valence-corrected chi connectivity index (χ1v) is 41.2. The zero-order chi connectivity index (χ0) is 68.9. The molecule has 3 N–H and O–H groups in total. The number of phosphoric ester groups is 2. The highest BCUT2D eigenvalue weighted by Gasteiger charge is 2.30. The molecule has 0 heterocycles. The summed E-state index contributed by atoms with van der Waals surface area (Å²) in [6.07, 6.45) is 47.6. The zero-order valence-electron chi connectivity index (χ0n) is 60.9. The van der Waals surface area contributed by atoms with Gasteiger partial charge in [0, 0.05) is 25.7 Å². The predicted molar refractivity (Wildman–Crippen MR) is 377 cm³/mol. The van der Waals surface area contributed by atoms with E-state index >= 15 is 0 Å². The first-order chi connectivity index (χ1) is 44.6. The largest absolute Gasteiger partial charge is 0.472 e. The van der Waals surface area contributed by atoms with Crippen molar-refractivity contribution in [2.24, 2.45) is 23.7 Å². The van der Waals surface area contributed by atoms with E-state index in [9.17, 15) is 43.2 Å². The van der Waals surface area contributed by atoms with Crippen LogP contribution in [0.5, 0.6) is 0 Å². The smallest absolute Gasteiger partial charge is 0.462 e. The van der Waals surface area contributed by atoms with Crippen molar-refractivity contribution in [2.45, 2.75) is 388 Å². The van der Waals surface area contributed by atoms with Gasteiger partial charge in [-0.2, -0.15) is 0 Å². The van der Waals surface area contributed by atoms with Crippen LogP contribution in [0.1, 0.15) is 370 Å². The molecule has 0 saturated heterocycles. The Balaban J connectivity index is 5.15. The van der Waals surface area contributed by atoms with E-state index in [1.807, 2.05) is 0 Å². The Morgan fingerprint density at radius 2 is 0.452 bits per heavy atom. The number of phosphoric acid groups is 2. The van der Waals surface area contributed by atoms with Gasteiger partial charge in [-0.3, -0.25) is 37.3 Å². The average Bonchev–Trinajstić information content (AvgIpc) is 2.14. The normalized spacial score (nSPS) is 14.2. The monoisotopic (exact) mass is 1370 g/mol. The minimum Gasteiger partial charge on any atom is -0.462 e. The highest BCUT2D eigenvalue weighted by molar-refractivity contribution is 7.47. The summed E-state index contributed by atoms with van der Waals surface area (Å²) >= 11 is 0. The number of rotatable bonds is 71. The lowest BCUT2D eigenvalue weighted by Gasteiger charge is -2.21. The molecule has 0 rings (SSSR count). The molecule has 0 aromatic rings. The molecule has 0 saturated carbocycles. The van der Waals surface area contributed by atoms with Crippen molar-refractivity contribution in [3.05, 3.63) is 0 Å². The Labute approximate surface area is 568 Å². The van der Waals surface area contributed by atoms with Gasteiger partial charge in [-0.15, -0.1) is 0 Å². The van der Waals surface area contributed by atoms with Gasteiger partial charge in [0.05, 0.1) is 26.4 Å². The maximum absolute atomic E-state index is 13.0. The summed E-state index contributed by atoms with van der Waals surface area (Å²) in [7, 11) is -9.91. The SMILES string of the molecule is CC(C)CCCCCCCCCCCCCCCCCCCCC(=O)OC[C@H](COP(=O)(O)OCC(O)COP(=O)(O)OC[C@@H](COC(=O)CCCCCCCCCC(C)C)OC(=O)CCCCCCCCCCC(C)C)OC(=O)CCCCCCCCCCC(C)C. The summed E-state index contributed by atoms with van der Waals surface area (Å²) in [5.41, 5.74) is 0. The number of esters is 4. The molecule has 5 atom stereocenters. The fourth-order valence-corrected chi connectivity index (χ4v) is 12.8. The lowest BCUT2D eigenvalue weighted by Crippen LogP contribution is -2.30. The number of ether oxygens (including phenoxy) is 4. The Morgan fingerprint density at radius 3 is 0.667 bits per heavy atom. The summed E-state index contributed by atoms with van der Waals surface area (Å²) < 4.78 is 68.3. The van der Waals surface area contributed by atoms with Crippen LogP contribution in [0.15, 0.2) is 0 Å². The Bertz CT molecular complexity index is 1830. The van der Waals surface area contributed by atoms with Gasteiger partial charge in [-0.1, -0.05) is 319 Å². The van der Waals surface area contributed by atoms with Crippen LogP contribution in [0.2, 0.25) is 0 Å². The number of hydrogen-bond acceptors (Lipinski definition) is 15. The number of aliphatic hydroxyl groups is 1. The van der Waals surface area contributed by atoms with Gasteiger partial charge >= 0.3 is 39.5 Å². The molecule has 0 fully saturated rings. The van der Waals surface area contributed by atoms with Crippen molar-refractivity contribution in [2.75, 3.05) is 39.6 Å². The molecule has 19 heteroatoms. The van der Waals surface area contributed by atoms with Gasteiger partial charge in [-0.05, 0) is 49.4 Å². The summed E-state index contributed by atoms with van der Waals surface area (Å²) in [5.74, 6) is 0.836. The highest BCUT2D eigenvalue weighted by atomic mass is 31.2. The average molecular weight is 1370 g/mol. The molecule has 0 aliphatic rings. The third-order valence-corrected chi connectivity index (χ3v) is 19.0. The second-order valence-electron chi connectivity index (χ2n) is 28.6. The zero-order valence-corrected chi connectivity index (χ0v) is 62.7. The molecule has 0 spiro atoms. The molecule has 93 heavy (non-hydrogen) atoms. The van der Waals surface area contributed by atoms with E-state index in [-0.39, 0.29) is 25.7 Å². The van der Waals surface area contributed by atoms with E-state index in [1.54, 1.807) is 0 Å². The van der Waals surface area contributed by atoms with Gasteiger partial charge in [0.15, 0.2) is 12.2 Å². The molecule has 3 unspecified atom stereocenters. The van der Waals surface area contributed by atoms with Gasteiger partial charge < -0.3 is 33.8 Å². The van der Waals surface area contributed by atoms with Crippen LogP contribution >= 0.6 is 15.6 Å². The van der Waals surface area contributed by atoms with Gasteiger partial charge in [0.1, 0.15) is 19.3 Å². The summed E-state index contributed by atoms with van der Waals surface area (Å²) in [4.78, 5) is 72.6. The molecule has 0 bridgehead atoms. The maximum Gasteiger partial charge on any atom is 0.472 e. The van der Waals surface area contributed by atoms with E-state index in [2.05, 4.69) is 55.4 Å². The fraction of sp³-hybridized carbons (Fsp3) is 0.946.